The van der Waals surface area contributed by atoms with E-state index in [0.717, 1.165) is 38.8 Å². The van der Waals surface area contributed by atoms with Crippen molar-refractivity contribution in [3.05, 3.63) is 115 Å². The molecule has 0 radical (unpaired) electrons. The highest BCUT2D eigenvalue weighted by molar-refractivity contribution is 7.15. The molecule has 0 saturated heterocycles. The summed E-state index contributed by atoms with van der Waals surface area (Å²) < 4.78 is 4.49. The maximum atomic E-state index is 13.3. The van der Waals surface area contributed by atoms with E-state index >= 15 is 0 Å². The van der Waals surface area contributed by atoms with Crippen LogP contribution in [0.15, 0.2) is 77.6 Å². The molecule has 166 valence electrons. The van der Waals surface area contributed by atoms with Crippen LogP contribution >= 0.6 is 11.3 Å². The van der Waals surface area contributed by atoms with Crippen LogP contribution < -0.4 is 10.1 Å². The number of para-hydroxylation sites is 3. The number of rotatable bonds is 4. The summed E-state index contributed by atoms with van der Waals surface area (Å²) in [6.07, 6.45) is 1.96. The Bertz CT molecular complexity index is 1850. The molecule has 0 spiro atoms. The standard InChI is InChI=1S/C26H18N4O3S/c1-16-20(14-24-25(31)29-23-9-5-3-7-21(23)27-26(29)34-24)19-6-2-4-8-22(19)28(16)15-17-10-12-18(13-11-17)30(32)33/h2-14H,15H2,1H3. The molecule has 7 nitrogen and oxygen atoms in total. The van der Waals surface area contributed by atoms with Crippen molar-refractivity contribution in [2.45, 2.75) is 13.5 Å². The minimum absolute atomic E-state index is 0.0692. The van der Waals surface area contributed by atoms with Gasteiger partial charge in [-0.2, -0.15) is 0 Å². The number of nitrogens with zero attached hydrogens (tertiary/aromatic N) is 4. The Labute approximate surface area is 197 Å². The smallest absolute Gasteiger partial charge is 0.274 e. The van der Waals surface area contributed by atoms with Gasteiger partial charge in [0.25, 0.3) is 11.2 Å². The summed E-state index contributed by atoms with van der Waals surface area (Å²) in [6, 6.07) is 22.4. The van der Waals surface area contributed by atoms with E-state index in [9.17, 15) is 14.9 Å². The average molecular weight is 467 g/mol. The van der Waals surface area contributed by atoms with Crippen LogP contribution in [0.25, 0.3) is 33.0 Å². The van der Waals surface area contributed by atoms with Crippen molar-refractivity contribution >= 4 is 50.0 Å². The largest absolute Gasteiger partial charge is 0.340 e. The number of hydrogen-bond acceptors (Lipinski definition) is 5. The highest BCUT2D eigenvalue weighted by atomic mass is 32.1. The van der Waals surface area contributed by atoms with Gasteiger partial charge in [0.2, 0.25) is 0 Å². The molecular weight excluding hydrogens is 448 g/mol. The van der Waals surface area contributed by atoms with Gasteiger partial charge >= 0.3 is 0 Å². The Morgan fingerprint density at radius 1 is 1.00 bits per heavy atom. The molecule has 8 heteroatoms. The van der Waals surface area contributed by atoms with Gasteiger partial charge in [0, 0.05) is 40.8 Å². The van der Waals surface area contributed by atoms with Crippen molar-refractivity contribution in [3.63, 3.8) is 0 Å². The Hall–Kier alpha value is -4.30. The zero-order valence-corrected chi connectivity index (χ0v) is 19.0. The van der Waals surface area contributed by atoms with Gasteiger partial charge in [-0.15, -0.1) is 0 Å². The van der Waals surface area contributed by atoms with Crippen LogP contribution in [0.3, 0.4) is 0 Å². The second-order valence-corrected chi connectivity index (χ2v) is 9.17. The second-order valence-electron chi connectivity index (χ2n) is 8.16. The molecule has 3 aromatic carbocycles. The number of fused-ring (bicyclic) bond motifs is 4. The summed E-state index contributed by atoms with van der Waals surface area (Å²) in [6.45, 7) is 2.61. The third-order valence-electron chi connectivity index (χ3n) is 6.19. The summed E-state index contributed by atoms with van der Waals surface area (Å²) in [5.41, 5.74) is 5.66. The molecule has 0 amide bonds. The number of nitro groups is 1. The Morgan fingerprint density at radius 2 is 1.71 bits per heavy atom. The fourth-order valence-electron chi connectivity index (χ4n) is 4.49. The highest BCUT2D eigenvalue weighted by Crippen LogP contribution is 2.28. The normalized spacial score (nSPS) is 12.3. The number of non-ortho nitro benzene ring substituents is 1. The van der Waals surface area contributed by atoms with Crippen LogP contribution in [0.2, 0.25) is 0 Å². The van der Waals surface area contributed by atoms with Gasteiger partial charge in [-0.3, -0.25) is 14.9 Å². The molecule has 3 aromatic heterocycles. The Balaban J connectivity index is 1.51. The molecule has 0 aliphatic carbocycles. The van der Waals surface area contributed by atoms with Crippen LogP contribution in [-0.4, -0.2) is 18.9 Å². The van der Waals surface area contributed by atoms with Gasteiger partial charge in [-0.05, 0) is 36.8 Å². The Morgan fingerprint density at radius 3 is 2.47 bits per heavy atom. The van der Waals surface area contributed by atoms with Crippen molar-refractivity contribution in [1.82, 2.24) is 14.0 Å². The van der Waals surface area contributed by atoms with E-state index in [4.69, 9.17) is 0 Å². The summed E-state index contributed by atoms with van der Waals surface area (Å²) >= 11 is 1.39. The van der Waals surface area contributed by atoms with E-state index < -0.39 is 4.92 Å². The SMILES string of the molecule is Cc1c(C=c2sc3nc4ccccc4n3c2=O)c2ccccc2n1Cc1ccc([N+](=O)[O-])cc1. The molecule has 0 aliphatic rings. The maximum Gasteiger partial charge on any atom is 0.274 e. The first kappa shape index (κ1) is 20.3. The first-order valence-corrected chi connectivity index (χ1v) is 11.6. The molecule has 6 aromatic rings. The fourth-order valence-corrected chi connectivity index (χ4v) is 5.46. The van der Waals surface area contributed by atoms with Crippen LogP contribution in [0.1, 0.15) is 16.8 Å². The lowest BCUT2D eigenvalue weighted by atomic mass is 10.1. The van der Waals surface area contributed by atoms with Crippen molar-refractivity contribution in [2.24, 2.45) is 0 Å². The zero-order valence-electron chi connectivity index (χ0n) is 18.1. The van der Waals surface area contributed by atoms with Crippen LogP contribution in [-0.2, 0) is 6.54 Å². The van der Waals surface area contributed by atoms with E-state index in [1.807, 2.05) is 49.4 Å². The lowest BCUT2D eigenvalue weighted by molar-refractivity contribution is -0.384. The summed E-state index contributed by atoms with van der Waals surface area (Å²) in [4.78, 5) is 29.2. The van der Waals surface area contributed by atoms with Crippen molar-refractivity contribution in [2.75, 3.05) is 0 Å². The molecule has 0 saturated carbocycles. The number of imidazole rings is 1. The maximum absolute atomic E-state index is 13.3. The molecule has 0 fully saturated rings. The van der Waals surface area contributed by atoms with Gasteiger partial charge in [0.1, 0.15) is 0 Å². The van der Waals surface area contributed by atoms with Gasteiger partial charge in [-0.1, -0.05) is 53.8 Å². The average Bonchev–Trinajstić information content (AvgIpc) is 3.45. The monoisotopic (exact) mass is 466 g/mol. The van der Waals surface area contributed by atoms with Crippen molar-refractivity contribution < 1.29 is 4.92 Å². The first-order chi connectivity index (χ1) is 16.5. The first-order valence-electron chi connectivity index (χ1n) is 10.7. The molecule has 3 heterocycles. The molecule has 0 aliphatic heterocycles. The quantitative estimate of drug-likeness (QED) is 0.279. The highest BCUT2D eigenvalue weighted by Gasteiger charge is 2.15. The molecule has 0 bridgehead atoms. The fraction of sp³-hybridized carbons (Fsp3) is 0.0769. The summed E-state index contributed by atoms with van der Waals surface area (Å²) in [5.74, 6) is 0. The molecule has 0 atom stereocenters. The molecule has 0 unspecified atom stereocenters. The molecule has 34 heavy (non-hydrogen) atoms. The van der Waals surface area contributed by atoms with E-state index in [-0.39, 0.29) is 11.2 Å². The second kappa shape index (κ2) is 7.64. The molecule has 0 N–H and O–H groups in total. The third kappa shape index (κ3) is 3.11. The van der Waals surface area contributed by atoms with Crippen LogP contribution in [0, 0.1) is 17.0 Å². The van der Waals surface area contributed by atoms with Gasteiger partial charge in [-0.25, -0.2) is 9.38 Å². The van der Waals surface area contributed by atoms with E-state index in [1.165, 1.54) is 23.5 Å². The van der Waals surface area contributed by atoms with Gasteiger partial charge < -0.3 is 4.57 Å². The number of thiazole rings is 1. The number of nitro benzene ring substituents is 1. The number of benzene rings is 3. The van der Waals surface area contributed by atoms with Crippen molar-refractivity contribution in [1.29, 1.82) is 0 Å². The minimum atomic E-state index is -0.394. The third-order valence-corrected chi connectivity index (χ3v) is 7.16. The van der Waals surface area contributed by atoms with Gasteiger partial charge in [0.15, 0.2) is 4.96 Å². The lowest BCUT2D eigenvalue weighted by Crippen LogP contribution is -2.22. The van der Waals surface area contributed by atoms with Crippen molar-refractivity contribution in [3.8, 4) is 0 Å². The number of aromatic nitrogens is 3. The topological polar surface area (TPSA) is 82.4 Å². The number of hydrogen-bond donors (Lipinski definition) is 0. The Kier molecular flexibility index (Phi) is 4.56. The zero-order chi connectivity index (χ0) is 23.4. The predicted molar refractivity (Wildman–Crippen MR) is 135 cm³/mol. The summed E-state index contributed by atoms with van der Waals surface area (Å²) in [7, 11) is 0. The van der Waals surface area contributed by atoms with Crippen LogP contribution in [0.4, 0.5) is 5.69 Å². The predicted octanol–water partition coefficient (Wildman–Crippen LogP) is 4.68. The summed E-state index contributed by atoms with van der Waals surface area (Å²) in [5, 5.41) is 12.0. The minimum Gasteiger partial charge on any atom is -0.340 e. The van der Waals surface area contributed by atoms with E-state index in [1.54, 1.807) is 16.5 Å². The molecular formula is C26H18N4O3S. The van der Waals surface area contributed by atoms with Crippen LogP contribution in [0.5, 0.6) is 0 Å². The molecule has 6 rings (SSSR count). The van der Waals surface area contributed by atoms with E-state index in [2.05, 4.69) is 21.7 Å². The van der Waals surface area contributed by atoms with E-state index in [0.29, 0.717) is 16.0 Å². The van der Waals surface area contributed by atoms with Gasteiger partial charge in [0.05, 0.1) is 20.5 Å². The lowest BCUT2D eigenvalue weighted by Gasteiger charge is -2.08.